The average Bonchev–Trinajstić information content (AvgIpc) is 3.61. The fourth-order valence-electron chi connectivity index (χ4n) is 4.26. The highest BCUT2D eigenvalue weighted by atomic mass is 32.2. The Morgan fingerprint density at radius 3 is 2.26 bits per heavy atom. The minimum Gasteiger partial charge on any atom is -0.321 e. The van der Waals surface area contributed by atoms with Crippen molar-refractivity contribution in [1.82, 2.24) is 5.32 Å². The molecule has 210 valence electrons. The molecule has 0 aliphatic carbocycles. The molecule has 5 rings (SSSR count). The molecule has 2 heterocycles. The van der Waals surface area contributed by atoms with Crippen molar-refractivity contribution in [2.24, 2.45) is 0 Å². The predicted octanol–water partition coefficient (Wildman–Crippen LogP) is 5.78. The number of hydrogen-bond acceptors (Lipinski definition) is 7. The molecule has 1 atom stereocenters. The van der Waals surface area contributed by atoms with Gasteiger partial charge in [0, 0.05) is 28.1 Å². The number of carbonyl (C=O) groups is 5. The van der Waals surface area contributed by atoms with Crippen LogP contribution in [0.2, 0.25) is 0 Å². The largest absolute Gasteiger partial charge is 0.321 e. The highest BCUT2D eigenvalue weighted by Gasteiger charge is 2.40. The van der Waals surface area contributed by atoms with Gasteiger partial charge in [-0.15, -0.1) is 11.8 Å². The van der Waals surface area contributed by atoms with E-state index >= 15 is 0 Å². The second kappa shape index (κ2) is 12.8. The highest BCUT2D eigenvalue weighted by Crippen LogP contribution is 2.34. The zero-order valence-electron chi connectivity index (χ0n) is 22.4. The summed E-state index contributed by atoms with van der Waals surface area (Å²) in [6.45, 7) is 1.45. The molecule has 0 saturated carbocycles. The van der Waals surface area contributed by atoms with Crippen LogP contribution in [0.1, 0.15) is 39.6 Å². The van der Waals surface area contributed by atoms with Crippen LogP contribution in [0, 0.1) is 0 Å². The van der Waals surface area contributed by atoms with Crippen LogP contribution in [0.15, 0.2) is 106 Å². The maximum atomic E-state index is 13.2. The summed E-state index contributed by atoms with van der Waals surface area (Å²) in [5.74, 6) is -1.62. The molecule has 4 amide bonds. The van der Waals surface area contributed by atoms with Gasteiger partial charge < -0.3 is 10.6 Å². The molecule has 10 heteroatoms. The molecule has 3 aromatic carbocycles. The van der Waals surface area contributed by atoms with Crippen LogP contribution in [0.3, 0.4) is 0 Å². The van der Waals surface area contributed by atoms with Crippen LogP contribution in [0.5, 0.6) is 0 Å². The lowest BCUT2D eigenvalue weighted by atomic mass is 10.1. The summed E-state index contributed by atoms with van der Waals surface area (Å²) in [6, 6.07) is 23.8. The van der Waals surface area contributed by atoms with Crippen LogP contribution in [-0.4, -0.2) is 34.7 Å². The van der Waals surface area contributed by atoms with E-state index in [1.54, 1.807) is 84.9 Å². The summed E-state index contributed by atoms with van der Waals surface area (Å²) < 4.78 is 0. The number of imide groups is 1. The van der Waals surface area contributed by atoms with E-state index in [4.69, 9.17) is 0 Å². The lowest BCUT2D eigenvalue weighted by Crippen LogP contribution is -2.31. The second-order valence-corrected chi connectivity index (χ2v) is 11.5. The van der Waals surface area contributed by atoms with Gasteiger partial charge in [0.1, 0.15) is 5.70 Å². The predicted molar refractivity (Wildman–Crippen MR) is 164 cm³/mol. The van der Waals surface area contributed by atoms with E-state index in [1.165, 1.54) is 30.0 Å². The molecule has 1 aromatic heterocycles. The first-order valence-electron chi connectivity index (χ1n) is 12.9. The summed E-state index contributed by atoms with van der Waals surface area (Å²) in [5.41, 5.74) is 2.73. The minimum atomic E-state index is -0.598. The fourth-order valence-corrected chi connectivity index (χ4v) is 5.93. The molecule has 8 nitrogen and oxygen atoms in total. The van der Waals surface area contributed by atoms with Gasteiger partial charge in [0.05, 0.1) is 10.9 Å². The Morgan fingerprint density at radius 1 is 0.905 bits per heavy atom. The monoisotopic (exact) mass is 595 g/mol. The normalized spacial score (nSPS) is 15.0. The van der Waals surface area contributed by atoms with Crippen LogP contribution >= 0.6 is 23.1 Å². The number of anilines is 2. The summed E-state index contributed by atoms with van der Waals surface area (Å²) in [4.78, 5) is 65.1. The Kier molecular flexibility index (Phi) is 8.75. The third-order valence-electron chi connectivity index (χ3n) is 6.41. The van der Waals surface area contributed by atoms with Gasteiger partial charge >= 0.3 is 0 Å². The van der Waals surface area contributed by atoms with E-state index in [9.17, 15) is 24.0 Å². The highest BCUT2D eigenvalue weighted by molar-refractivity contribution is 8.00. The van der Waals surface area contributed by atoms with Gasteiger partial charge in [0.25, 0.3) is 11.8 Å². The van der Waals surface area contributed by atoms with Gasteiger partial charge in [-0.2, -0.15) is 11.3 Å². The molecular weight excluding hydrogens is 571 g/mol. The lowest BCUT2D eigenvalue weighted by Gasteiger charge is -2.15. The topological polar surface area (TPSA) is 113 Å². The molecule has 1 saturated heterocycles. The number of nitrogens with zero attached hydrogens (tertiary/aromatic N) is 1. The Labute approximate surface area is 250 Å². The molecule has 4 aromatic rings. The van der Waals surface area contributed by atoms with Gasteiger partial charge in [0.2, 0.25) is 11.8 Å². The van der Waals surface area contributed by atoms with E-state index in [0.29, 0.717) is 22.5 Å². The number of nitrogens with one attached hydrogen (secondary N) is 2. The summed E-state index contributed by atoms with van der Waals surface area (Å²) in [5, 5.41) is 8.66. The third kappa shape index (κ3) is 6.73. The van der Waals surface area contributed by atoms with Crippen molar-refractivity contribution < 1.29 is 24.0 Å². The minimum absolute atomic E-state index is 0.0499. The fraction of sp³-hybridized carbons (Fsp3) is 0.0938. The first kappa shape index (κ1) is 28.7. The van der Waals surface area contributed by atoms with Gasteiger partial charge in [-0.05, 0) is 96.1 Å². The molecular formula is C32H25N3O5S2. The number of thiophene rings is 1. The van der Waals surface area contributed by atoms with Crippen molar-refractivity contribution in [3.63, 3.8) is 0 Å². The number of ketones is 1. The average molecular weight is 596 g/mol. The molecule has 2 N–H and O–H groups in total. The quantitative estimate of drug-likeness (QED) is 0.144. The van der Waals surface area contributed by atoms with Crippen LogP contribution in [0.4, 0.5) is 11.4 Å². The molecule has 0 bridgehead atoms. The first-order chi connectivity index (χ1) is 20.3. The molecule has 1 fully saturated rings. The van der Waals surface area contributed by atoms with Crippen molar-refractivity contribution in [3.05, 3.63) is 118 Å². The van der Waals surface area contributed by atoms with Gasteiger partial charge in [0.15, 0.2) is 5.78 Å². The Balaban J connectivity index is 1.24. The van der Waals surface area contributed by atoms with Crippen molar-refractivity contribution in [1.29, 1.82) is 0 Å². The maximum Gasteiger partial charge on any atom is 0.272 e. The van der Waals surface area contributed by atoms with Crippen molar-refractivity contribution in [3.8, 4) is 0 Å². The van der Waals surface area contributed by atoms with Gasteiger partial charge in [-0.25, -0.2) is 4.90 Å². The number of Topliss-reactive ketones (excluding diaryl/α,β-unsaturated/α-hetero) is 1. The SMILES string of the molecule is CC(=O)c1ccc(N2C(=O)CC(Sc3ccc(NC(=O)/C(=C/c4ccsc4)NC(=O)c4ccccc4)cc3)C2=O)cc1. The van der Waals surface area contributed by atoms with Gasteiger partial charge in [-0.3, -0.25) is 24.0 Å². The molecule has 0 spiro atoms. The summed E-state index contributed by atoms with van der Waals surface area (Å²) in [7, 11) is 0. The number of benzene rings is 3. The molecule has 1 unspecified atom stereocenters. The number of hydrogen-bond donors (Lipinski definition) is 2. The molecule has 1 aliphatic rings. The Morgan fingerprint density at radius 2 is 1.62 bits per heavy atom. The maximum absolute atomic E-state index is 13.2. The number of thioether (sulfide) groups is 1. The Bertz CT molecular complexity index is 1670. The lowest BCUT2D eigenvalue weighted by molar-refractivity contribution is -0.121. The Hall–Kier alpha value is -4.80. The second-order valence-electron chi connectivity index (χ2n) is 9.39. The number of amides is 4. The van der Waals surface area contributed by atoms with E-state index in [2.05, 4.69) is 10.6 Å². The summed E-state index contributed by atoms with van der Waals surface area (Å²) in [6.07, 6.45) is 1.66. The smallest absolute Gasteiger partial charge is 0.272 e. The standard InChI is InChI=1S/C32H25N3O5S2/c1-20(36)22-7-11-25(12-8-22)35-29(37)18-28(32(35)40)42-26-13-9-24(10-14-26)33-31(39)27(17-21-15-16-41-19-21)34-30(38)23-5-3-2-4-6-23/h2-17,19,28H,18H2,1H3,(H,33,39)(H,34,38)/b27-17-. The van der Waals surface area contributed by atoms with Crippen molar-refractivity contribution >= 4 is 70.0 Å². The van der Waals surface area contributed by atoms with Crippen molar-refractivity contribution in [2.75, 3.05) is 10.2 Å². The van der Waals surface area contributed by atoms with E-state index in [0.717, 1.165) is 15.4 Å². The van der Waals surface area contributed by atoms with Crippen LogP contribution in [0.25, 0.3) is 6.08 Å². The van der Waals surface area contributed by atoms with E-state index in [1.807, 2.05) is 16.8 Å². The molecule has 1 aliphatic heterocycles. The van der Waals surface area contributed by atoms with Crippen LogP contribution < -0.4 is 15.5 Å². The molecule has 42 heavy (non-hydrogen) atoms. The number of rotatable bonds is 9. The third-order valence-corrected chi connectivity index (χ3v) is 8.31. The zero-order valence-corrected chi connectivity index (χ0v) is 24.0. The van der Waals surface area contributed by atoms with Gasteiger partial charge in [-0.1, -0.05) is 18.2 Å². The number of carbonyl (C=O) groups excluding carboxylic acids is 5. The molecule has 0 radical (unpaired) electrons. The summed E-state index contributed by atoms with van der Waals surface area (Å²) >= 11 is 2.74. The first-order valence-corrected chi connectivity index (χ1v) is 14.8. The van der Waals surface area contributed by atoms with E-state index in [-0.39, 0.29) is 29.7 Å². The van der Waals surface area contributed by atoms with Crippen LogP contribution in [-0.2, 0) is 14.4 Å². The van der Waals surface area contributed by atoms with E-state index < -0.39 is 17.1 Å². The zero-order chi connectivity index (χ0) is 29.6. The van der Waals surface area contributed by atoms with Crippen molar-refractivity contribution in [2.45, 2.75) is 23.5 Å².